The van der Waals surface area contributed by atoms with E-state index in [0.29, 0.717) is 6.54 Å². The van der Waals surface area contributed by atoms with Crippen molar-refractivity contribution in [3.63, 3.8) is 0 Å². The Bertz CT molecular complexity index is 519. The Morgan fingerprint density at radius 3 is 2.48 bits per heavy atom. The first-order valence-electron chi connectivity index (χ1n) is 7.50. The lowest BCUT2D eigenvalue weighted by Crippen LogP contribution is -2.37. The summed E-state index contributed by atoms with van der Waals surface area (Å²) in [6, 6.07) is 6.80. The third-order valence-corrected chi connectivity index (χ3v) is 4.49. The highest BCUT2D eigenvalue weighted by atomic mass is 16.4. The number of carboxylic acid groups (broad SMARTS) is 1. The second-order valence-electron chi connectivity index (χ2n) is 6.48. The first kappa shape index (κ1) is 15.5. The molecule has 2 rings (SSSR count). The van der Waals surface area contributed by atoms with Crippen LogP contribution in [-0.2, 0) is 11.2 Å². The van der Waals surface area contributed by atoms with E-state index in [4.69, 9.17) is 5.11 Å². The van der Waals surface area contributed by atoms with Crippen LogP contribution in [0.4, 0.5) is 0 Å². The van der Waals surface area contributed by atoms with Crippen molar-refractivity contribution in [2.45, 2.75) is 39.5 Å². The number of aromatic carboxylic acids is 1. The fraction of sp³-hybridized carbons (Fsp3) is 0.529. The van der Waals surface area contributed by atoms with Gasteiger partial charge < -0.3 is 10.4 Å². The highest BCUT2D eigenvalue weighted by molar-refractivity contribution is 5.87. The first-order chi connectivity index (χ1) is 9.90. The van der Waals surface area contributed by atoms with Crippen molar-refractivity contribution < 1.29 is 14.7 Å². The van der Waals surface area contributed by atoms with Crippen molar-refractivity contribution in [1.29, 1.82) is 0 Å². The molecule has 1 aliphatic rings. The molecule has 0 aromatic heterocycles. The van der Waals surface area contributed by atoms with Crippen LogP contribution >= 0.6 is 0 Å². The molecule has 1 amide bonds. The number of carbonyl (C=O) groups is 2. The standard InChI is InChI=1S/C17H23NO3/c1-17(2)10-3-4-14(17)15(19)18-11-9-12-5-7-13(8-6-12)16(20)21/h5-8,14H,3-4,9-11H2,1-2H3,(H,18,19)(H,20,21). The number of hydrogen-bond donors (Lipinski definition) is 2. The SMILES string of the molecule is CC1(C)CCCC1C(=O)NCCc1ccc(C(=O)O)cc1. The number of carbonyl (C=O) groups excluding carboxylic acids is 1. The molecular formula is C17H23NO3. The van der Waals surface area contributed by atoms with E-state index in [2.05, 4.69) is 19.2 Å². The summed E-state index contributed by atoms with van der Waals surface area (Å²) in [6.45, 7) is 4.92. The zero-order valence-corrected chi connectivity index (χ0v) is 12.7. The van der Waals surface area contributed by atoms with Gasteiger partial charge in [0.1, 0.15) is 0 Å². The summed E-state index contributed by atoms with van der Waals surface area (Å²) in [4.78, 5) is 23.0. The summed E-state index contributed by atoms with van der Waals surface area (Å²) >= 11 is 0. The first-order valence-corrected chi connectivity index (χ1v) is 7.50. The quantitative estimate of drug-likeness (QED) is 0.876. The molecule has 0 radical (unpaired) electrons. The molecule has 2 N–H and O–H groups in total. The van der Waals surface area contributed by atoms with E-state index in [1.54, 1.807) is 24.3 Å². The molecule has 21 heavy (non-hydrogen) atoms. The lowest BCUT2D eigenvalue weighted by molar-refractivity contribution is -0.127. The monoisotopic (exact) mass is 289 g/mol. The normalized spacial score (nSPS) is 20.2. The van der Waals surface area contributed by atoms with Crippen LogP contribution in [0.1, 0.15) is 49.0 Å². The van der Waals surface area contributed by atoms with Gasteiger partial charge in [0.15, 0.2) is 0 Å². The molecule has 1 saturated carbocycles. The van der Waals surface area contributed by atoms with Crippen LogP contribution in [0.15, 0.2) is 24.3 Å². The van der Waals surface area contributed by atoms with Crippen LogP contribution in [0, 0.1) is 11.3 Å². The summed E-state index contributed by atoms with van der Waals surface area (Å²) in [5, 5.41) is 11.8. The van der Waals surface area contributed by atoms with Gasteiger partial charge in [-0.15, -0.1) is 0 Å². The predicted octanol–water partition coefficient (Wildman–Crippen LogP) is 2.87. The Labute approximate surface area is 125 Å². The van der Waals surface area contributed by atoms with Crippen molar-refractivity contribution in [1.82, 2.24) is 5.32 Å². The number of rotatable bonds is 5. The lowest BCUT2D eigenvalue weighted by Gasteiger charge is -2.25. The summed E-state index contributed by atoms with van der Waals surface area (Å²) < 4.78 is 0. The van der Waals surface area contributed by atoms with E-state index in [0.717, 1.165) is 31.2 Å². The van der Waals surface area contributed by atoms with Crippen molar-refractivity contribution in [2.75, 3.05) is 6.54 Å². The fourth-order valence-corrected chi connectivity index (χ4v) is 3.08. The zero-order chi connectivity index (χ0) is 15.5. The van der Waals surface area contributed by atoms with Gasteiger partial charge in [-0.3, -0.25) is 4.79 Å². The Kier molecular flexibility index (Phi) is 4.66. The number of hydrogen-bond acceptors (Lipinski definition) is 2. The molecule has 114 valence electrons. The molecule has 1 atom stereocenters. The minimum Gasteiger partial charge on any atom is -0.478 e. The Morgan fingerprint density at radius 1 is 1.29 bits per heavy atom. The molecular weight excluding hydrogens is 266 g/mol. The van der Waals surface area contributed by atoms with Gasteiger partial charge in [-0.2, -0.15) is 0 Å². The molecule has 4 nitrogen and oxygen atoms in total. The second-order valence-corrected chi connectivity index (χ2v) is 6.48. The van der Waals surface area contributed by atoms with E-state index < -0.39 is 5.97 Å². The molecule has 0 bridgehead atoms. The van der Waals surface area contributed by atoms with Crippen molar-refractivity contribution in [3.8, 4) is 0 Å². The van der Waals surface area contributed by atoms with Gasteiger partial charge in [-0.05, 0) is 42.4 Å². The molecule has 4 heteroatoms. The molecule has 1 unspecified atom stereocenters. The third kappa shape index (κ3) is 3.84. The van der Waals surface area contributed by atoms with E-state index in [9.17, 15) is 9.59 Å². The smallest absolute Gasteiger partial charge is 0.335 e. The fourth-order valence-electron chi connectivity index (χ4n) is 3.08. The maximum atomic E-state index is 12.2. The van der Waals surface area contributed by atoms with Crippen molar-refractivity contribution >= 4 is 11.9 Å². The molecule has 0 heterocycles. The number of nitrogens with one attached hydrogen (secondary N) is 1. The zero-order valence-electron chi connectivity index (χ0n) is 12.7. The highest BCUT2D eigenvalue weighted by Gasteiger charge is 2.38. The van der Waals surface area contributed by atoms with Crippen LogP contribution < -0.4 is 5.32 Å². The minimum absolute atomic E-state index is 0.104. The van der Waals surface area contributed by atoms with Crippen molar-refractivity contribution in [2.24, 2.45) is 11.3 Å². The lowest BCUT2D eigenvalue weighted by atomic mass is 9.81. The van der Waals surface area contributed by atoms with Crippen LogP contribution in [0.3, 0.4) is 0 Å². The van der Waals surface area contributed by atoms with E-state index in [1.165, 1.54) is 0 Å². The average molecular weight is 289 g/mol. The average Bonchev–Trinajstić information content (AvgIpc) is 2.79. The van der Waals surface area contributed by atoms with E-state index >= 15 is 0 Å². The maximum absolute atomic E-state index is 12.2. The largest absolute Gasteiger partial charge is 0.478 e. The minimum atomic E-state index is -0.918. The van der Waals surface area contributed by atoms with Gasteiger partial charge >= 0.3 is 5.97 Å². The summed E-state index contributed by atoms with van der Waals surface area (Å²) in [6.07, 6.45) is 3.94. The highest BCUT2D eigenvalue weighted by Crippen LogP contribution is 2.42. The maximum Gasteiger partial charge on any atom is 0.335 e. The van der Waals surface area contributed by atoms with Crippen LogP contribution in [0.25, 0.3) is 0 Å². The van der Waals surface area contributed by atoms with Gasteiger partial charge in [0.05, 0.1) is 5.56 Å². The van der Waals surface area contributed by atoms with E-state index in [1.807, 2.05) is 0 Å². The van der Waals surface area contributed by atoms with Gasteiger partial charge in [-0.25, -0.2) is 4.79 Å². The Balaban J connectivity index is 1.81. The molecule has 1 aromatic carbocycles. The number of amides is 1. The summed E-state index contributed by atoms with van der Waals surface area (Å²) in [5.41, 5.74) is 1.43. The number of benzene rings is 1. The van der Waals surface area contributed by atoms with Gasteiger partial charge in [0, 0.05) is 12.5 Å². The molecule has 1 fully saturated rings. The topological polar surface area (TPSA) is 66.4 Å². The number of carboxylic acids is 1. The molecule has 0 spiro atoms. The van der Waals surface area contributed by atoms with Gasteiger partial charge in [0.2, 0.25) is 5.91 Å². The van der Waals surface area contributed by atoms with Crippen LogP contribution in [0.5, 0.6) is 0 Å². The molecule has 0 saturated heterocycles. The molecule has 1 aromatic rings. The van der Waals surface area contributed by atoms with Gasteiger partial charge in [0.25, 0.3) is 0 Å². The second kappa shape index (κ2) is 6.29. The molecule has 1 aliphatic carbocycles. The Morgan fingerprint density at radius 2 is 1.95 bits per heavy atom. The summed E-state index contributed by atoms with van der Waals surface area (Å²) in [5.74, 6) is -0.648. The third-order valence-electron chi connectivity index (χ3n) is 4.49. The van der Waals surface area contributed by atoms with Crippen LogP contribution in [0.2, 0.25) is 0 Å². The Hall–Kier alpha value is -1.84. The summed E-state index contributed by atoms with van der Waals surface area (Å²) in [7, 11) is 0. The molecule has 0 aliphatic heterocycles. The van der Waals surface area contributed by atoms with E-state index in [-0.39, 0.29) is 22.8 Å². The van der Waals surface area contributed by atoms with Crippen molar-refractivity contribution in [3.05, 3.63) is 35.4 Å². The predicted molar refractivity (Wildman–Crippen MR) is 81.2 cm³/mol. The van der Waals surface area contributed by atoms with Gasteiger partial charge in [-0.1, -0.05) is 32.4 Å². The van der Waals surface area contributed by atoms with Crippen LogP contribution in [-0.4, -0.2) is 23.5 Å².